The monoisotopic (exact) mass is 582 g/mol. The van der Waals surface area contributed by atoms with Crippen LogP contribution >= 0.6 is 22.6 Å². The van der Waals surface area contributed by atoms with Crippen molar-refractivity contribution in [3.63, 3.8) is 0 Å². The lowest BCUT2D eigenvalue weighted by atomic mass is 9.77. The minimum Gasteiger partial charge on any atom is -0.483 e. The zero-order valence-electron chi connectivity index (χ0n) is 19.0. The Hall–Kier alpha value is -2.09. The van der Waals surface area contributed by atoms with E-state index in [0.717, 1.165) is 31.6 Å². The molecule has 1 aliphatic rings. The van der Waals surface area contributed by atoms with E-state index in [1.54, 1.807) is 46.9 Å². The highest BCUT2D eigenvalue weighted by Gasteiger charge is 2.24. The minimum atomic E-state index is -0.688. The first-order valence-electron chi connectivity index (χ1n) is 11.7. The van der Waals surface area contributed by atoms with Crippen molar-refractivity contribution in [3.05, 3.63) is 86.5 Å². The third kappa shape index (κ3) is 5.75. The Labute approximate surface area is 211 Å². The molecule has 34 heavy (non-hydrogen) atoms. The Kier molecular flexibility index (Phi) is 8.17. The third-order valence-electron chi connectivity index (χ3n) is 6.69. The summed E-state index contributed by atoms with van der Waals surface area (Å²) in [5, 5.41) is 0. The molecule has 4 rings (SSSR count). The largest absolute Gasteiger partial charge is 0.483 e. The molecule has 6 heteroatoms. The van der Waals surface area contributed by atoms with Crippen LogP contribution in [0.1, 0.15) is 62.5 Å². The van der Waals surface area contributed by atoms with E-state index in [4.69, 9.17) is 4.74 Å². The van der Waals surface area contributed by atoms with Crippen molar-refractivity contribution in [3.8, 4) is 16.9 Å². The van der Waals surface area contributed by atoms with E-state index in [1.165, 1.54) is 37.1 Å². The molecule has 1 saturated carbocycles. The Morgan fingerprint density at radius 1 is 0.794 bits per heavy atom. The van der Waals surface area contributed by atoms with Crippen molar-refractivity contribution >= 4 is 22.6 Å². The zero-order chi connectivity index (χ0) is 24.2. The molecule has 0 aliphatic heterocycles. The summed E-state index contributed by atoms with van der Waals surface area (Å²) >= 11 is 1.62. The van der Waals surface area contributed by atoms with E-state index in [0.29, 0.717) is 22.3 Å². The number of hydrogen-bond acceptors (Lipinski definition) is 1. The summed E-state index contributed by atoms with van der Waals surface area (Å²) < 4.78 is 62.6. The van der Waals surface area contributed by atoms with Crippen LogP contribution in [-0.2, 0) is 6.61 Å². The van der Waals surface area contributed by atoms with E-state index in [2.05, 4.69) is 6.92 Å². The molecular formula is C28H27F4IO. The Bertz CT molecular complexity index is 1090. The molecule has 0 amide bonds. The standard InChI is InChI=1S/C28H27F4IO/c1-2-3-17-4-8-19(9-5-17)22-14-25(31)28(26(32)15-22)34-16-18-6-10-20(11-7-18)21-12-23(29)27(33)24(30)13-21/h6-7,10-15,17,19H,2-5,8-9,16H2,1H3/t17-,19-. The van der Waals surface area contributed by atoms with E-state index in [9.17, 15) is 17.6 Å². The van der Waals surface area contributed by atoms with Gasteiger partial charge in [0.25, 0.3) is 0 Å². The first-order chi connectivity index (χ1) is 16.4. The van der Waals surface area contributed by atoms with Gasteiger partial charge in [-0.25, -0.2) is 17.6 Å². The maximum Gasteiger partial charge on any atom is 0.191 e. The van der Waals surface area contributed by atoms with E-state index in [-0.39, 0.29) is 21.8 Å². The van der Waals surface area contributed by atoms with Crippen molar-refractivity contribution in [1.82, 2.24) is 0 Å². The summed E-state index contributed by atoms with van der Waals surface area (Å²) in [5.74, 6) is -2.07. The van der Waals surface area contributed by atoms with Crippen molar-refractivity contribution in [2.75, 3.05) is 0 Å². The van der Waals surface area contributed by atoms with Crippen LogP contribution in [0.15, 0.2) is 48.5 Å². The normalized spacial score (nSPS) is 18.2. The summed E-state index contributed by atoms with van der Waals surface area (Å²) in [6, 6.07) is 12.2. The first kappa shape index (κ1) is 25.0. The number of halogens is 5. The lowest BCUT2D eigenvalue weighted by Crippen LogP contribution is -2.14. The molecule has 0 unspecified atom stereocenters. The summed E-state index contributed by atoms with van der Waals surface area (Å²) in [6.07, 6.45) is 6.54. The van der Waals surface area contributed by atoms with Crippen LogP contribution in [0.4, 0.5) is 17.6 Å². The maximum absolute atomic E-state index is 14.7. The van der Waals surface area contributed by atoms with Gasteiger partial charge in [-0.15, -0.1) is 0 Å². The lowest BCUT2D eigenvalue weighted by Gasteiger charge is -2.28. The van der Waals surface area contributed by atoms with Crippen molar-refractivity contribution < 1.29 is 22.3 Å². The molecule has 0 atom stereocenters. The van der Waals surface area contributed by atoms with Gasteiger partial charge in [-0.3, -0.25) is 0 Å². The predicted molar refractivity (Wildman–Crippen MR) is 135 cm³/mol. The van der Waals surface area contributed by atoms with Gasteiger partial charge >= 0.3 is 0 Å². The molecule has 1 fully saturated rings. The Balaban J connectivity index is 1.41. The van der Waals surface area contributed by atoms with Gasteiger partial charge in [-0.2, -0.15) is 0 Å². The van der Waals surface area contributed by atoms with Gasteiger partial charge in [0.15, 0.2) is 17.4 Å². The molecule has 0 heterocycles. The van der Waals surface area contributed by atoms with Gasteiger partial charge in [0.05, 0.1) is 3.57 Å². The van der Waals surface area contributed by atoms with E-state index < -0.39 is 23.3 Å². The third-order valence-corrected chi connectivity index (χ3v) is 7.72. The van der Waals surface area contributed by atoms with Gasteiger partial charge in [0.1, 0.15) is 18.2 Å². The molecule has 0 spiro atoms. The second kappa shape index (κ2) is 11.1. The van der Waals surface area contributed by atoms with Crippen LogP contribution in [0.5, 0.6) is 5.75 Å². The minimum absolute atomic E-state index is 0.0228. The first-order valence-corrected chi connectivity index (χ1v) is 12.8. The molecule has 0 N–H and O–H groups in total. The molecule has 3 aromatic rings. The second-order valence-corrected chi connectivity index (χ2v) is 10.1. The maximum atomic E-state index is 14.7. The van der Waals surface area contributed by atoms with Gasteiger partial charge < -0.3 is 4.74 Å². The highest BCUT2D eigenvalue weighted by molar-refractivity contribution is 14.1. The molecule has 180 valence electrons. The summed E-state index contributed by atoms with van der Waals surface area (Å²) in [5.41, 5.74) is 2.44. The highest BCUT2D eigenvalue weighted by Crippen LogP contribution is 2.39. The van der Waals surface area contributed by atoms with E-state index >= 15 is 0 Å². The molecule has 0 bridgehead atoms. The fraction of sp³-hybridized carbons (Fsp3) is 0.357. The van der Waals surface area contributed by atoms with Crippen LogP contribution in [0.3, 0.4) is 0 Å². The topological polar surface area (TPSA) is 9.23 Å². The summed E-state index contributed by atoms with van der Waals surface area (Å²) in [7, 11) is 0. The molecular weight excluding hydrogens is 555 g/mol. The molecule has 0 radical (unpaired) electrons. The van der Waals surface area contributed by atoms with Gasteiger partial charge in [0.2, 0.25) is 0 Å². The second-order valence-electron chi connectivity index (χ2n) is 9.06. The van der Waals surface area contributed by atoms with Crippen molar-refractivity contribution in [1.29, 1.82) is 0 Å². The average Bonchev–Trinajstić information content (AvgIpc) is 2.82. The quantitative estimate of drug-likeness (QED) is 0.153. The van der Waals surface area contributed by atoms with Crippen molar-refractivity contribution in [2.24, 2.45) is 5.92 Å². The SMILES string of the molecule is CCC[C@H]1CC[C@H](c2cc(F)c(OCc3ccc(-c4cc(F)c(I)c(F)c4)cc3)c(F)c2)CC1. The molecule has 3 aromatic carbocycles. The Morgan fingerprint density at radius 2 is 1.38 bits per heavy atom. The highest BCUT2D eigenvalue weighted by atomic mass is 127. The van der Waals surface area contributed by atoms with Crippen LogP contribution in [0.2, 0.25) is 0 Å². The predicted octanol–water partition coefficient (Wildman–Crippen LogP) is 9.17. The lowest BCUT2D eigenvalue weighted by molar-refractivity contribution is 0.272. The number of hydrogen-bond donors (Lipinski definition) is 0. The van der Waals surface area contributed by atoms with Crippen LogP contribution in [0, 0.1) is 32.8 Å². The van der Waals surface area contributed by atoms with Crippen LogP contribution in [-0.4, -0.2) is 0 Å². The number of rotatable bonds is 7. The van der Waals surface area contributed by atoms with E-state index in [1.807, 2.05) is 0 Å². The Morgan fingerprint density at radius 3 is 1.94 bits per heavy atom. The molecule has 1 aliphatic carbocycles. The van der Waals surface area contributed by atoms with Gasteiger partial charge in [-0.05, 0) is 107 Å². The smallest absolute Gasteiger partial charge is 0.191 e. The van der Waals surface area contributed by atoms with Gasteiger partial charge in [0, 0.05) is 0 Å². The zero-order valence-corrected chi connectivity index (χ0v) is 21.2. The molecule has 0 saturated heterocycles. The number of benzene rings is 3. The summed E-state index contributed by atoms with van der Waals surface area (Å²) in [4.78, 5) is 0. The van der Waals surface area contributed by atoms with Crippen LogP contribution in [0.25, 0.3) is 11.1 Å². The van der Waals surface area contributed by atoms with Gasteiger partial charge in [-0.1, -0.05) is 44.0 Å². The molecule has 0 aromatic heterocycles. The summed E-state index contributed by atoms with van der Waals surface area (Å²) in [6.45, 7) is 2.17. The molecule has 1 nitrogen and oxygen atoms in total. The fourth-order valence-corrected chi connectivity index (χ4v) is 5.13. The van der Waals surface area contributed by atoms with Crippen molar-refractivity contribution in [2.45, 2.75) is 58.0 Å². The number of ether oxygens (including phenoxy) is 1. The average molecular weight is 582 g/mol. The fourth-order valence-electron chi connectivity index (χ4n) is 4.82. The van der Waals surface area contributed by atoms with Crippen LogP contribution < -0.4 is 4.74 Å².